The molecule has 0 bridgehead atoms. The number of nitrogens with zero attached hydrogens (tertiary/aromatic N) is 2. The molecule has 0 aliphatic carbocycles. The lowest BCUT2D eigenvalue weighted by molar-refractivity contribution is 0.322. The highest BCUT2D eigenvalue weighted by Gasteiger charge is 2.25. The van der Waals surface area contributed by atoms with Crippen molar-refractivity contribution in [3.63, 3.8) is 0 Å². The molecule has 1 N–H and O–H groups in total. The van der Waals surface area contributed by atoms with Gasteiger partial charge in [0.2, 0.25) is 20.0 Å². The molecule has 0 spiro atoms. The normalized spacial score (nSPS) is 15.5. The van der Waals surface area contributed by atoms with Gasteiger partial charge in [-0.3, -0.25) is 9.36 Å². The number of sulfonamides is 2. The van der Waals surface area contributed by atoms with E-state index in [1.54, 1.807) is 22.8 Å². The summed E-state index contributed by atoms with van der Waals surface area (Å²) >= 11 is 1.03. The third-order valence-electron chi connectivity index (χ3n) is 5.84. The highest BCUT2D eigenvalue weighted by Crippen LogP contribution is 2.23. The van der Waals surface area contributed by atoms with Crippen molar-refractivity contribution in [1.29, 1.82) is 0 Å². The van der Waals surface area contributed by atoms with Gasteiger partial charge < -0.3 is 4.74 Å². The number of hydrogen-bond acceptors (Lipinski definition) is 7. The van der Waals surface area contributed by atoms with Crippen LogP contribution in [-0.2, 0) is 26.6 Å². The van der Waals surface area contributed by atoms with E-state index in [1.165, 1.54) is 28.6 Å². The van der Waals surface area contributed by atoms with Crippen LogP contribution < -0.4 is 14.3 Å². The van der Waals surface area contributed by atoms with Gasteiger partial charge in [0, 0.05) is 26.2 Å². The van der Waals surface area contributed by atoms with Crippen LogP contribution in [0.1, 0.15) is 32.6 Å². The first kappa shape index (κ1) is 25.8. The number of ether oxygens (including phenoxy) is 1. The smallest absolute Gasteiger partial charge is 0.308 e. The average molecular weight is 540 g/mol. The summed E-state index contributed by atoms with van der Waals surface area (Å²) in [4.78, 5) is 12.4. The van der Waals surface area contributed by atoms with Crippen LogP contribution in [-0.4, -0.2) is 51.9 Å². The van der Waals surface area contributed by atoms with Gasteiger partial charge in [0.15, 0.2) is 0 Å². The average Bonchev–Trinajstić information content (AvgIpc) is 3.17. The van der Waals surface area contributed by atoms with E-state index in [-0.39, 0.29) is 27.8 Å². The lowest BCUT2D eigenvalue weighted by Gasteiger charge is -2.25. The SMILES string of the molecule is CCCn1c(=O)sc2cc(S(=O)(=O)NCCOc3ccc(S(=O)(=O)N4CCCCC4)cc3)ccc21. The van der Waals surface area contributed by atoms with Crippen LogP contribution in [0.5, 0.6) is 5.75 Å². The van der Waals surface area contributed by atoms with Crippen LogP contribution in [0.4, 0.5) is 0 Å². The van der Waals surface area contributed by atoms with E-state index in [2.05, 4.69) is 4.72 Å². The maximum Gasteiger partial charge on any atom is 0.308 e. The number of nitrogens with one attached hydrogen (secondary N) is 1. The first-order valence-corrected chi connectivity index (χ1v) is 15.3. The molecule has 0 radical (unpaired) electrons. The molecule has 9 nitrogen and oxygen atoms in total. The van der Waals surface area contributed by atoms with Gasteiger partial charge in [-0.05, 0) is 61.7 Å². The van der Waals surface area contributed by atoms with Crippen molar-refractivity contribution in [3.05, 3.63) is 52.1 Å². The second-order valence-electron chi connectivity index (χ2n) is 8.33. The molecule has 0 amide bonds. The van der Waals surface area contributed by atoms with Crippen molar-refractivity contribution in [3.8, 4) is 5.75 Å². The summed E-state index contributed by atoms with van der Waals surface area (Å²) in [6.45, 7) is 3.74. The van der Waals surface area contributed by atoms with Gasteiger partial charge in [-0.15, -0.1) is 0 Å². The predicted octanol–water partition coefficient (Wildman–Crippen LogP) is 3.00. The van der Waals surface area contributed by atoms with Gasteiger partial charge in [0.25, 0.3) is 0 Å². The quantitative estimate of drug-likeness (QED) is 0.396. The van der Waals surface area contributed by atoms with E-state index in [9.17, 15) is 21.6 Å². The minimum atomic E-state index is -3.78. The highest BCUT2D eigenvalue weighted by atomic mass is 32.2. The Morgan fingerprint density at radius 1 is 0.971 bits per heavy atom. The molecule has 2 heterocycles. The van der Waals surface area contributed by atoms with Crippen LogP contribution in [0, 0.1) is 0 Å². The molecule has 35 heavy (non-hydrogen) atoms. The summed E-state index contributed by atoms with van der Waals surface area (Å²) in [5, 5.41) is 0. The van der Waals surface area contributed by atoms with Crippen molar-refractivity contribution in [2.75, 3.05) is 26.2 Å². The lowest BCUT2D eigenvalue weighted by atomic mass is 10.2. The summed E-state index contributed by atoms with van der Waals surface area (Å²) in [5.74, 6) is 0.449. The molecule has 190 valence electrons. The van der Waals surface area contributed by atoms with Crippen LogP contribution in [0.3, 0.4) is 0 Å². The molecule has 1 saturated heterocycles. The predicted molar refractivity (Wildman–Crippen MR) is 136 cm³/mol. The maximum atomic E-state index is 12.7. The Labute approximate surface area is 209 Å². The van der Waals surface area contributed by atoms with Crippen molar-refractivity contribution in [2.24, 2.45) is 0 Å². The van der Waals surface area contributed by atoms with Crippen molar-refractivity contribution in [2.45, 2.75) is 48.9 Å². The number of piperidine rings is 1. The number of fused-ring (bicyclic) bond motifs is 1. The molecule has 3 aromatic rings. The van der Waals surface area contributed by atoms with Gasteiger partial charge in [0.05, 0.1) is 20.0 Å². The van der Waals surface area contributed by atoms with E-state index in [4.69, 9.17) is 4.74 Å². The first-order valence-electron chi connectivity index (χ1n) is 11.6. The third kappa shape index (κ3) is 5.78. The van der Waals surface area contributed by atoms with E-state index in [0.717, 1.165) is 42.5 Å². The molecule has 1 aliphatic heterocycles. The van der Waals surface area contributed by atoms with Gasteiger partial charge in [-0.25, -0.2) is 21.6 Å². The Balaban J connectivity index is 1.34. The molecule has 12 heteroatoms. The molecule has 1 fully saturated rings. The Hall–Kier alpha value is -2.25. The minimum absolute atomic E-state index is 0.0290. The Morgan fingerprint density at radius 2 is 1.66 bits per heavy atom. The summed E-state index contributed by atoms with van der Waals surface area (Å²) in [6, 6.07) is 10.8. The van der Waals surface area contributed by atoms with Crippen molar-refractivity contribution < 1.29 is 21.6 Å². The number of benzene rings is 2. The molecular weight excluding hydrogens is 510 g/mol. The zero-order valence-electron chi connectivity index (χ0n) is 19.5. The standard InChI is InChI=1S/C23H29N3O6S3/c1-2-13-26-21-11-10-20(17-22(21)33-23(26)27)34(28,29)24-12-16-32-18-6-8-19(9-7-18)35(30,31)25-14-4-3-5-15-25/h6-11,17,24H,2-5,12-16H2,1H3. The molecule has 1 aliphatic rings. The number of aryl methyl sites for hydroxylation is 1. The van der Waals surface area contributed by atoms with Crippen LogP contribution in [0.15, 0.2) is 57.1 Å². The first-order chi connectivity index (χ1) is 16.7. The fraction of sp³-hybridized carbons (Fsp3) is 0.435. The maximum absolute atomic E-state index is 12.7. The second kappa shape index (κ2) is 10.8. The van der Waals surface area contributed by atoms with Gasteiger partial charge >= 0.3 is 4.87 Å². The van der Waals surface area contributed by atoms with Crippen LogP contribution in [0.2, 0.25) is 0 Å². The topological polar surface area (TPSA) is 115 Å². The van der Waals surface area contributed by atoms with Crippen LogP contribution >= 0.6 is 11.3 Å². The summed E-state index contributed by atoms with van der Waals surface area (Å²) < 4.78 is 62.7. The highest BCUT2D eigenvalue weighted by molar-refractivity contribution is 7.89. The van der Waals surface area contributed by atoms with E-state index < -0.39 is 20.0 Å². The minimum Gasteiger partial charge on any atom is -0.492 e. The van der Waals surface area contributed by atoms with E-state index in [0.29, 0.717) is 30.1 Å². The number of rotatable bonds is 10. The number of hydrogen-bond donors (Lipinski definition) is 1. The summed E-state index contributed by atoms with van der Waals surface area (Å²) in [7, 11) is -7.29. The number of aromatic nitrogens is 1. The lowest BCUT2D eigenvalue weighted by Crippen LogP contribution is -2.35. The Morgan fingerprint density at radius 3 is 2.34 bits per heavy atom. The van der Waals surface area contributed by atoms with Crippen molar-refractivity contribution >= 4 is 41.6 Å². The molecule has 1 aromatic heterocycles. The fourth-order valence-corrected chi connectivity index (χ4v) is 7.63. The molecule has 0 atom stereocenters. The molecule has 4 rings (SSSR count). The van der Waals surface area contributed by atoms with E-state index in [1.807, 2.05) is 6.92 Å². The molecule has 0 unspecified atom stereocenters. The Kier molecular flexibility index (Phi) is 7.96. The summed E-state index contributed by atoms with van der Waals surface area (Å²) in [5.41, 5.74) is 0.731. The largest absolute Gasteiger partial charge is 0.492 e. The Bertz CT molecular complexity index is 1440. The molecule has 0 saturated carbocycles. The second-order valence-corrected chi connectivity index (χ2v) is 13.0. The zero-order valence-corrected chi connectivity index (χ0v) is 21.9. The van der Waals surface area contributed by atoms with Gasteiger partial charge in [0.1, 0.15) is 12.4 Å². The monoisotopic (exact) mass is 539 g/mol. The van der Waals surface area contributed by atoms with E-state index >= 15 is 0 Å². The molecular formula is C23H29N3O6S3. The number of thiazole rings is 1. The fourth-order valence-electron chi connectivity index (χ4n) is 4.04. The summed E-state index contributed by atoms with van der Waals surface area (Å²) in [6.07, 6.45) is 3.60. The molecule has 2 aromatic carbocycles. The van der Waals surface area contributed by atoms with Gasteiger partial charge in [-0.1, -0.05) is 24.7 Å². The van der Waals surface area contributed by atoms with Gasteiger partial charge in [-0.2, -0.15) is 4.31 Å². The van der Waals surface area contributed by atoms with Crippen molar-refractivity contribution in [1.82, 2.24) is 13.6 Å². The zero-order chi connectivity index (χ0) is 25.1. The van der Waals surface area contributed by atoms with Crippen LogP contribution in [0.25, 0.3) is 10.2 Å². The third-order valence-corrected chi connectivity index (χ3v) is 10.2.